The van der Waals surface area contributed by atoms with Crippen LogP contribution in [-0.2, 0) is 19.8 Å². The third-order valence-electron chi connectivity index (χ3n) is 6.47. The van der Waals surface area contributed by atoms with Crippen molar-refractivity contribution in [3.63, 3.8) is 0 Å². The van der Waals surface area contributed by atoms with E-state index >= 15 is 0 Å². The number of carboxylic acids is 1. The Morgan fingerprint density at radius 3 is 2.47 bits per heavy atom. The monoisotopic (exact) mass is 433 g/mol. The van der Waals surface area contributed by atoms with Gasteiger partial charge in [0.25, 0.3) is 0 Å². The van der Waals surface area contributed by atoms with Crippen LogP contribution in [0.3, 0.4) is 0 Å². The number of aliphatic carboxylic acids is 1. The van der Waals surface area contributed by atoms with Crippen LogP contribution in [0.5, 0.6) is 0 Å². The number of nitrogens with zero attached hydrogens (tertiary/aromatic N) is 1. The number of carbonyl (C=O) groups is 3. The fourth-order valence-corrected chi connectivity index (χ4v) is 5.18. The number of likely N-dealkylation sites (tertiary alicyclic amines) is 1. The number of rotatable bonds is 7. The summed E-state index contributed by atoms with van der Waals surface area (Å²) in [7, 11) is 0. The van der Waals surface area contributed by atoms with E-state index in [1.807, 2.05) is 49.1 Å². The maximum Gasteiger partial charge on any atom is 0.326 e. The summed E-state index contributed by atoms with van der Waals surface area (Å²) in [5.41, 5.74) is 0.0364. The average Bonchev–Trinajstić information content (AvgIpc) is 3.31. The van der Waals surface area contributed by atoms with Crippen LogP contribution < -0.4 is 10.6 Å². The highest BCUT2D eigenvalue weighted by Gasteiger charge is 2.45. The van der Waals surface area contributed by atoms with Crippen LogP contribution in [0.2, 0.25) is 0 Å². The van der Waals surface area contributed by atoms with Crippen molar-refractivity contribution in [2.24, 2.45) is 5.92 Å². The molecular formula is C22H31N3O4S. The second-order valence-corrected chi connectivity index (χ2v) is 9.25. The Hall–Kier alpha value is -2.06. The van der Waals surface area contributed by atoms with Crippen LogP contribution in [-0.4, -0.2) is 64.6 Å². The van der Waals surface area contributed by atoms with Crippen molar-refractivity contribution in [1.29, 1.82) is 0 Å². The minimum Gasteiger partial charge on any atom is -0.480 e. The molecule has 3 N–H and O–H groups in total. The number of thioether (sulfide) groups is 1. The molecule has 2 heterocycles. The van der Waals surface area contributed by atoms with Gasteiger partial charge in [-0.1, -0.05) is 50.6 Å². The van der Waals surface area contributed by atoms with Crippen molar-refractivity contribution in [3.8, 4) is 0 Å². The molecule has 2 aliphatic heterocycles. The quantitative estimate of drug-likeness (QED) is 0.607. The summed E-state index contributed by atoms with van der Waals surface area (Å²) in [5, 5.41) is 15.7. The SMILES string of the molecule is CC[C@@H](C)[C@H](NC(=O)C1(c2ccccc2)CCN(C(=O)[C@H]2CSCN2)CC1)C(=O)O. The molecule has 0 aromatic heterocycles. The van der Waals surface area contributed by atoms with E-state index in [4.69, 9.17) is 0 Å². The molecule has 1 aromatic carbocycles. The molecule has 2 aliphatic rings. The van der Waals surface area contributed by atoms with Gasteiger partial charge in [0.1, 0.15) is 6.04 Å². The molecule has 0 bridgehead atoms. The molecule has 0 unspecified atom stereocenters. The number of hydrogen-bond donors (Lipinski definition) is 3. The maximum absolute atomic E-state index is 13.5. The van der Waals surface area contributed by atoms with Gasteiger partial charge >= 0.3 is 5.97 Å². The molecule has 3 rings (SSSR count). The molecule has 2 saturated heterocycles. The number of carboxylic acid groups (broad SMARTS) is 1. The van der Waals surface area contributed by atoms with Gasteiger partial charge in [0.05, 0.1) is 11.5 Å². The van der Waals surface area contributed by atoms with E-state index in [-0.39, 0.29) is 23.8 Å². The van der Waals surface area contributed by atoms with Gasteiger partial charge in [-0.05, 0) is 24.3 Å². The molecule has 2 fully saturated rings. The molecule has 0 spiro atoms. The van der Waals surface area contributed by atoms with Crippen LogP contribution in [0.1, 0.15) is 38.7 Å². The maximum atomic E-state index is 13.5. The van der Waals surface area contributed by atoms with Gasteiger partial charge in [-0.15, -0.1) is 11.8 Å². The van der Waals surface area contributed by atoms with E-state index in [1.165, 1.54) is 0 Å². The molecule has 0 radical (unpaired) electrons. The lowest BCUT2D eigenvalue weighted by molar-refractivity contribution is -0.145. The normalized spacial score (nSPS) is 22.9. The summed E-state index contributed by atoms with van der Waals surface area (Å²) in [6.07, 6.45) is 1.60. The minimum absolute atomic E-state index is 0.0880. The lowest BCUT2D eigenvalue weighted by Gasteiger charge is -2.42. The Kier molecular flexibility index (Phi) is 7.41. The summed E-state index contributed by atoms with van der Waals surface area (Å²) in [6, 6.07) is 8.44. The Labute approximate surface area is 182 Å². The molecule has 3 atom stereocenters. The van der Waals surface area contributed by atoms with Gasteiger partial charge in [-0.2, -0.15) is 0 Å². The zero-order valence-electron chi connectivity index (χ0n) is 17.6. The summed E-state index contributed by atoms with van der Waals surface area (Å²) in [6.45, 7) is 4.71. The number of nitrogens with one attached hydrogen (secondary N) is 2. The first kappa shape index (κ1) is 22.6. The molecule has 1 aromatic rings. The van der Waals surface area contributed by atoms with Crippen molar-refractivity contribution >= 4 is 29.5 Å². The lowest BCUT2D eigenvalue weighted by atomic mass is 9.71. The van der Waals surface area contributed by atoms with Crippen LogP contribution in [0.4, 0.5) is 0 Å². The Morgan fingerprint density at radius 2 is 1.93 bits per heavy atom. The molecule has 2 amide bonds. The highest BCUT2D eigenvalue weighted by molar-refractivity contribution is 7.99. The van der Waals surface area contributed by atoms with Gasteiger partial charge < -0.3 is 15.3 Å². The average molecular weight is 434 g/mol. The zero-order chi connectivity index (χ0) is 21.7. The standard InChI is InChI=1S/C22H31N3O4S/c1-3-15(2)18(20(27)28)24-21(29)22(16-7-5-4-6-8-16)9-11-25(12-10-22)19(26)17-13-30-14-23-17/h4-8,15,17-18,23H,3,9-14H2,1-2H3,(H,24,29)(H,27,28)/t15-,17-,18+/m1/s1. The first-order valence-corrected chi connectivity index (χ1v) is 11.7. The molecule has 0 saturated carbocycles. The van der Waals surface area contributed by atoms with Gasteiger partial charge in [-0.3, -0.25) is 14.9 Å². The van der Waals surface area contributed by atoms with Crippen molar-refractivity contribution in [3.05, 3.63) is 35.9 Å². The fourth-order valence-electron chi connectivity index (χ4n) is 4.25. The predicted octanol–water partition coefficient (Wildman–Crippen LogP) is 1.82. The number of carbonyl (C=O) groups excluding carboxylic acids is 2. The number of amides is 2. The van der Waals surface area contributed by atoms with Crippen molar-refractivity contribution < 1.29 is 19.5 Å². The molecule has 7 nitrogen and oxygen atoms in total. The molecule has 164 valence electrons. The fraction of sp³-hybridized carbons (Fsp3) is 0.591. The summed E-state index contributed by atoms with van der Waals surface area (Å²) >= 11 is 1.71. The molecule has 0 aliphatic carbocycles. The van der Waals surface area contributed by atoms with Gasteiger partial charge in [0.15, 0.2) is 0 Å². The van der Waals surface area contributed by atoms with Crippen molar-refractivity contribution in [1.82, 2.24) is 15.5 Å². The zero-order valence-corrected chi connectivity index (χ0v) is 18.4. The number of piperidine rings is 1. The van der Waals surface area contributed by atoms with Crippen LogP contribution >= 0.6 is 11.8 Å². The van der Waals surface area contributed by atoms with E-state index in [2.05, 4.69) is 10.6 Å². The van der Waals surface area contributed by atoms with E-state index in [1.54, 1.807) is 11.8 Å². The molecule has 8 heteroatoms. The van der Waals surface area contributed by atoms with E-state index in [0.29, 0.717) is 32.4 Å². The topological polar surface area (TPSA) is 98.7 Å². The Balaban J connectivity index is 1.80. The highest BCUT2D eigenvalue weighted by Crippen LogP contribution is 2.36. The Bertz CT molecular complexity index is 759. The van der Waals surface area contributed by atoms with Crippen molar-refractivity contribution in [2.75, 3.05) is 24.7 Å². The second kappa shape index (κ2) is 9.83. The predicted molar refractivity (Wildman–Crippen MR) is 117 cm³/mol. The van der Waals surface area contributed by atoms with E-state index < -0.39 is 17.4 Å². The Morgan fingerprint density at radius 1 is 1.27 bits per heavy atom. The van der Waals surface area contributed by atoms with Gasteiger partial charge in [0.2, 0.25) is 11.8 Å². The summed E-state index contributed by atoms with van der Waals surface area (Å²) < 4.78 is 0. The number of hydrogen-bond acceptors (Lipinski definition) is 5. The summed E-state index contributed by atoms with van der Waals surface area (Å²) in [4.78, 5) is 39.9. The van der Waals surface area contributed by atoms with Crippen LogP contribution in [0, 0.1) is 5.92 Å². The van der Waals surface area contributed by atoms with Gasteiger partial charge in [0, 0.05) is 24.7 Å². The summed E-state index contributed by atoms with van der Waals surface area (Å²) in [5.74, 6) is 0.195. The molecule has 30 heavy (non-hydrogen) atoms. The first-order chi connectivity index (χ1) is 14.4. The number of benzene rings is 1. The van der Waals surface area contributed by atoms with Crippen molar-refractivity contribution in [2.45, 2.75) is 50.6 Å². The van der Waals surface area contributed by atoms with E-state index in [9.17, 15) is 19.5 Å². The third kappa shape index (κ3) is 4.64. The smallest absolute Gasteiger partial charge is 0.326 e. The van der Waals surface area contributed by atoms with Gasteiger partial charge in [-0.25, -0.2) is 4.79 Å². The first-order valence-electron chi connectivity index (χ1n) is 10.6. The van der Waals surface area contributed by atoms with Crippen LogP contribution in [0.25, 0.3) is 0 Å². The van der Waals surface area contributed by atoms with E-state index in [0.717, 1.165) is 17.2 Å². The lowest BCUT2D eigenvalue weighted by Crippen LogP contribution is -2.58. The van der Waals surface area contributed by atoms with Crippen LogP contribution in [0.15, 0.2) is 30.3 Å². The third-order valence-corrected chi connectivity index (χ3v) is 7.41. The second-order valence-electron chi connectivity index (χ2n) is 8.22. The largest absolute Gasteiger partial charge is 0.480 e. The molecular weight excluding hydrogens is 402 g/mol. The highest BCUT2D eigenvalue weighted by atomic mass is 32.2. The minimum atomic E-state index is -1.02.